The number of para-hydroxylation sites is 1. The molecular weight excluding hydrogens is 692 g/mol. The molecule has 0 amide bonds. The zero-order chi connectivity index (χ0) is 29.4. The van der Waals surface area contributed by atoms with Gasteiger partial charge in [-0.15, -0.1) is 0 Å². The first-order valence-electron chi connectivity index (χ1n) is 12.4. The number of furan rings is 1. The number of ether oxygens (including phenoxy) is 1. The molecule has 6 rings (SSSR count). The number of fused-ring (bicyclic) bond motifs is 2. The van der Waals surface area contributed by atoms with Crippen molar-refractivity contribution in [2.45, 2.75) is 6.61 Å². The largest absolute Gasteiger partial charge is 0.487 e. The second-order valence-corrected chi connectivity index (χ2v) is 11.3. The van der Waals surface area contributed by atoms with Gasteiger partial charge in [-0.25, -0.2) is 4.98 Å². The first kappa shape index (κ1) is 27.8. The SMILES string of the molecule is O=c1c2ccccc2nc(-c2cc3cc(Cl)ccc3o2)n1N=Cc1cc(Br)c(OCc2ccc([N+](=O)[O-])cc2)c(Br)c1. The van der Waals surface area contributed by atoms with Crippen molar-refractivity contribution in [2.75, 3.05) is 0 Å². The van der Waals surface area contributed by atoms with Gasteiger partial charge in [-0.3, -0.25) is 14.9 Å². The summed E-state index contributed by atoms with van der Waals surface area (Å²) in [6, 6.07) is 23.8. The van der Waals surface area contributed by atoms with Gasteiger partial charge in [0.05, 0.1) is 31.0 Å². The van der Waals surface area contributed by atoms with Crippen molar-refractivity contribution in [2.24, 2.45) is 5.10 Å². The van der Waals surface area contributed by atoms with E-state index >= 15 is 0 Å². The van der Waals surface area contributed by atoms with Crippen LogP contribution in [0, 0.1) is 10.1 Å². The Bertz CT molecular complexity index is 2070. The average molecular weight is 709 g/mol. The molecule has 12 heteroatoms. The smallest absolute Gasteiger partial charge is 0.282 e. The lowest BCUT2D eigenvalue weighted by Gasteiger charge is -2.11. The maximum Gasteiger partial charge on any atom is 0.282 e. The third kappa shape index (κ3) is 5.58. The van der Waals surface area contributed by atoms with Gasteiger partial charge < -0.3 is 9.15 Å². The van der Waals surface area contributed by atoms with Crippen LogP contribution in [0.1, 0.15) is 11.1 Å². The molecule has 0 fully saturated rings. The van der Waals surface area contributed by atoms with E-state index in [1.165, 1.54) is 23.0 Å². The number of benzene rings is 4. The summed E-state index contributed by atoms with van der Waals surface area (Å²) >= 11 is 13.2. The topological polar surface area (TPSA) is 113 Å². The standard InChI is InChI=1S/C30H17Br2ClN4O5/c31-23-11-18(12-24(32)28(23)41-16-17-5-8-21(9-6-17)37(39)40)15-34-36-29(35-25-4-2-1-3-22(25)30(36)38)27-14-19-13-20(33)7-10-26(19)42-27/h1-15H,16H2. The highest BCUT2D eigenvalue weighted by molar-refractivity contribution is 9.11. The fourth-order valence-electron chi connectivity index (χ4n) is 4.30. The zero-order valence-electron chi connectivity index (χ0n) is 21.3. The lowest BCUT2D eigenvalue weighted by atomic mass is 10.2. The molecule has 0 unspecified atom stereocenters. The minimum Gasteiger partial charge on any atom is -0.487 e. The Morgan fingerprint density at radius 1 is 1.02 bits per heavy atom. The molecule has 42 heavy (non-hydrogen) atoms. The summed E-state index contributed by atoms with van der Waals surface area (Å²) < 4.78 is 14.5. The first-order chi connectivity index (χ1) is 20.3. The number of rotatable bonds is 7. The summed E-state index contributed by atoms with van der Waals surface area (Å²) in [5.74, 6) is 1.14. The van der Waals surface area contributed by atoms with Crippen LogP contribution >= 0.6 is 43.5 Å². The lowest BCUT2D eigenvalue weighted by molar-refractivity contribution is -0.384. The van der Waals surface area contributed by atoms with Crippen LogP contribution in [-0.2, 0) is 6.61 Å². The molecule has 0 saturated carbocycles. The highest BCUT2D eigenvalue weighted by Gasteiger charge is 2.17. The number of aromatic nitrogens is 2. The van der Waals surface area contributed by atoms with E-state index in [-0.39, 0.29) is 23.7 Å². The maximum atomic E-state index is 13.5. The van der Waals surface area contributed by atoms with Crippen LogP contribution in [0.2, 0.25) is 5.02 Å². The molecule has 0 spiro atoms. The van der Waals surface area contributed by atoms with E-state index < -0.39 is 4.92 Å². The molecule has 0 bridgehead atoms. The van der Waals surface area contributed by atoms with E-state index in [9.17, 15) is 14.9 Å². The summed E-state index contributed by atoms with van der Waals surface area (Å²) in [7, 11) is 0. The Morgan fingerprint density at radius 3 is 2.50 bits per heavy atom. The van der Waals surface area contributed by atoms with E-state index in [1.54, 1.807) is 66.7 Å². The summed E-state index contributed by atoms with van der Waals surface area (Å²) in [5, 5.41) is 17.1. The second kappa shape index (κ2) is 11.5. The molecule has 0 saturated heterocycles. The number of halogens is 3. The van der Waals surface area contributed by atoms with Crippen molar-refractivity contribution in [3.63, 3.8) is 0 Å². The Labute approximate surface area is 259 Å². The van der Waals surface area contributed by atoms with Crippen LogP contribution in [0.5, 0.6) is 5.75 Å². The Balaban J connectivity index is 1.34. The Kier molecular flexibility index (Phi) is 7.63. The van der Waals surface area contributed by atoms with Gasteiger partial charge in [0.2, 0.25) is 5.82 Å². The lowest BCUT2D eigenvalue weighted by Crippen LogP contribution is -2.20. The third-order valence-electron chi connectivity index (χ3n) is 6.33. The normalized spacial score (nSPS) is 11.5. The maximum absolute atomic E-state index is 13.5. The highest BCUT2D eigenvalue weighted by Crippen LogP contribution is 2.35. The van der Waals surface area contributed by atoms with E-state index in [4.69, 9.17) is 25.7 Å². The number of nitro groups is 1. The second-order valence-electron chi connectivity index (χ2n) is 9.13. The van der Waals surface area contributed by atoms with Crippen LogP contribution < -0.4 is 10.3 Å². The third-order valence-corrected chi connectivity index (χ3v) is 7.74. The van der Waals surface area contributed by atoms with Crippen molar-refractivity contribution in [1.82, 2.24) is 9.66 Å². The van der Waals surface area contributed by atoms with E-state index in [2.05, 4.69) is 37.0 Å². The number of nitro benzene ring substituents is 1. The average Bonchev–Trinajstić information content (AvgIpc) is 3.39. The molecule has 0 aliphatic carbocycles. The predicted octanol–water partition coefficient (Wildman–Crippen LogP) is 8.36. The molecule has 208 valence electrons. The molecule has 9 nitrogen and oxygen atoms in total. The van der Waals surface area contributed by atoms with Gasteiger partial charge in [-0.1, -0.05) is 23.7 Å². The summed E-state index contributed by atoms with van der Waals surface area (Å²) in [6.07, 6.45) is 1.54. The molecule has 0 N–H and O–H groups in total. The number of hydrogen-bond donors (Lipinski definition) is 0. The minimum atomic E-state index is -0.449. The van der Waals surface area contributed by atoms with Gasteiger partial charge in [-0.2, -0.15) is 9.78 Å². The van der Waals surface area contributed by atoms with Gasteiger partial charge in [0.25, 0.3) is 11.2 Å². The molecule has 6 aromatic rings. The van der Waals surface area contributed by atoms with E-state index in [1.807, 2.05) is 6.07 Å². The number of non-ortho nitro benzene ring substituents is 1. The molecule has 2 aromatic heterocycles. The van der Waals surface area contributed by atoms with Crippen LogP contribution in [0.3, 0.4) is 0 Å². The molecule has 0 aliphatic rings. The number of hydrogen-bond acceptors (Lipinski definition) is 7. The zero-order valence-corrected chi connectivity index (χ0v) is 25.3. The fourth-order valence-corrected chi connectivity index (χ4v) is 5.93. The Morgan fingerprint density at radius 2 is 1.76 bits per heavy atom. The predicted molar refractivity (Wildman–Crippen MR) is 168 cm³/mol. The number of nitrogens with zero attached hydrogens (tertiary/aromatic N) is 4. The molecule has 4 aromatic carbocycles. The molecular formula is C30H17Br2ClN4O5. The van der Waals surface area contributed by atoms with Crippen molar-refractivity contribution >= 4 is 77.2 Å². The van der Waals surface area contributed by atoms with Crippen molar-refractivity contribution in [3.05, 3.63) is 130 Å². The van der Waals surface area contributed by atoms with Crippen LogP contribution in [0.25, 0.3) is 33.5 Å². The van der Waals surface area contributed by atoms with Crippen molar-refractivity contribution in [1.29, 1.82) is 0 Å². The molecule has 0 aliphatic heterocycles. The first-order valence-corrected chi connectivity index (χ1v) is 14.3. The van der Waals surface area contributed by atoms with Crippen molar-refractivity contribution in [3.8, 4) is 17.3 Å². The molecule has 2 heterocycles. The monoisotopic (exact) mass is 706 g/mol. The van der Waals surface area contributed by atoms with Crippen molar-refractivity contribution < 1.29 is 14.1 Å². The van der Waals surface area contributed by atoms with Gasteiger partial charge in [0.15, 0.2) is 5.76 Å². The Hall–Kier alpha value is -4.32. The van der Waals surface area contributed by atoms with Gasteiger partial charge in [-0.05, 0) is 104 Å². The van der Waals surface area contributed by atoms with Crippen LogP contribution in [0.4, 0.5) is 5.69 Å². The summed E-state index contributed by atoms with van der Waals surface area (Å²) in [5.41, 5.74) is 2.21. The molecule has 0 atom stereocenters. The van der Waals surface area contributed by atoms with E-state index in [0.717, 1.165) is 10.9 Å². The van der Waals surface area contributed by atoms with Gasteiger partial charge in [0, 0.05) is 22.5 Å². The quantitative estimate of drug-likeness (QED) is 0.0936. The highest BCUT2D eigenvalue weighted by atomic mass is 79.9. The van der Waals surface area contributed by atoms with Crippen LogP contribution in [0.15, 0.2) is 108 Å². The van der Waals surface area contributed by atoms with Gasteiger partial charge in [0.1, 0.15) is 17.9 Å². The van der Waals surface area contributed by atoms with Gasteiger partial charge >= 0.3 is 0 Å². The van der Waals surface area contributed by atoms with E-state index in [0.29, 0.717) is 47.5 Å². The summed E-state index contributed by atoms with van der Waals surface area (Å²) in [6.45, 7) is 0.201. The molecule has 0 radical (unpaired) electrons. The minimum absolute atomic E-state index is 0.0124. The van der Waals surface area contributed by atoms with Crippen LogP contribution in [-0.4, -0.2) is 20.8 Å². The fraction of sp³-hybridized carbons (Fsp3) is 0.0333. The summed E-state index contributed by atoms with van der Waals surface area (Å²) in [4.78, 5) is 28.7.